The topological polar surface area (TPSA) is 71.0 Å². The third-order valence-electron chi connectivity index (χ3n) is 4.28. The molecule has 0 saturated carbocycles. The van der Waals surface area contributed by atoms with Crippen LogP contribution in [-0.4, -0.2) is 74.9 Å². The summed E-state index contributed by atoms with van der Waals surface area (Å²) >= 11 is 0. The van der Waals surface area contributed by atoms with Gasteiger partial charge in [-0.2, -0.15) is 0 Å². The van der Waals surface area contributed by atoms with E-state index in [2.05, 4.69) is 39.4 Å². The van der Waals surface area contributed by atoms with Crippen LogP contribution in [0.25, 0.3) is 0 Å². The van der Waals surface area contributed by atoms with Gasteiger partial charge in [0.25, 0.3) is 0 Å². The van der Waals surface area contributed by atoms with Crippen LogP contribution in [-0.2, 0) is 4.74 Å². The lowest BCUT2D eigenvalue weighted by Crippen LogP contribution is -2.52. The van der Waals surface area contributed by atoms with Crippen molar-refractivity contribution in [1.82, 2.24) is 20.5 Å². The van der Waals surface area contributed by atoms with Gasteiger partial charge in [0, 0.05) is 38.9 Å². The lowest BCUT2D eigenvalue weighted by molar-refractivity contribution is 0.00752. The van der Waals surface area contributed by atoms with Crippen LogP contribution in [0.5, 0.6) is 5.75 Å². The Bertz CT molecular complexity index is 503. The van der Waals surface area contributed by atoms with Crippen LogP contribution in [0.4, 0.5) is 0 Å². The largest absolute Gasteiger partial charge is 0.490 e. The van der Waals surface area contributed by atoms with E-state index in [1.807, 2.05) is 12.1 Å². The van der Waals surface area contributed by atoms with E-state index < -0.39 is 0 Å². The lowest BCUT2D eigenvalue weighted by atomic mass is 10.0. The maximum absolute atomic E-state index is 5.63. The minimum Gasteiger partial charge on any atom is -0.490 e. The quantitative estimate of drug-likeness (QED) is 0.414. The van der Waals surface area contributed by atoms with Crippen molar-refractivity contribution >= 4 is 5.96 Å². The average Bonchev–Trinajstić information content (AvgIpc) is 2.65. The summed E-state index contributed by atoms with van der Waals surface area (Å²) in [5, 5.41) is 6.72. The summed E-state index contributed by atoms with van der Waals surface area (Å²) in [5.74, 6) is 2.14. The molecule has 1 aliphatic heterocycles. The Morgan fingerprint density at radius 3 is 2.80 bits per heavy atom. The number of aromatic nitrogens is 1. The molecule has 25 heavy (non-hydrogen) atoms. The molecule has 1 atom stereocenters. The SMILES string of the molecule is CN=C(NCCOc1cccnc1)NCC(C(C)C)N1CCOCC1. The van der Waals surface area contributed by atoms with Crippen LogP contribution in [0.2, 0.25) is 0 Å². The molecule has 1 aliphatic rings. The monoisotopic (exact) mass is 349 g/mol. The highest BCUT2D eigenvalue weighted by molar-refractivity contribution is 5.79. The summed E-state index contributed by atoms with van der Waals surface area (Å²) in [7, 11) is 1.79. The molecule has 0 aromatic carbocycles. The van der Waals surface area contributed by atoms with Gasteiger partial charge in [-0.1, -0.05) is 13.8 Å². The number of pyridine rings is 1. The second-order valence-corrected chi connectivity index (χ2v) is 6.38. The Balaban J connectivity index is 1.70. The second-order valence-electron chi connectivity index (χ2n) is 6.38. The number of guanidine groups is 1. The highest BCUT2D eigenvalue weighted by atomic mass is 16.5. The van der Waals surface area contributed by atoms with Crippen molar-refractivity contribution in [2.75, 3.05) is 53.0 Å². The lowest BCUT2D eigenvalue weighted by Gasteiger charge is -2.37. The van der Waals surface area contributed by atoms with Gasteiger partial charge in [-0.05, 0) is 18.1 Å². The summed E-state index contributed by atoms with van der Waals surface area (Å²) in [6.45, 7) is 10.3. The summed E-state index contributed by atoms with van der Waals surface area (Å²) < 4.78 is 11.1. The van der Waals surface area contributed by atoms with Gasteiger partial charge in [0.1, 0.15) is 12.4 Å². The van der Waals surface area contributed by atoms with Gasteiger partial charge in [0.2, 0.25) is 0 Å². The molecule has 2 rings (SSSR count). The molecule has 7 nitrogen and oxygen atoms in total. The molecule has 1 fully saturated rings. The molecule has 0 amide bonds. The van der Waals surface area contributed by atoms with Crippen LogP contribution in [0.3, 0.4) is 0 Å². The summed E-state index contributed by atoms with van der Waals surface area (Å²) in [6.07, 6.45) is 3.44. The van der Waals surface area contributed by atoms with Crippen LogP contribution in [0, 0.1) is 5.92 Å². The molecule has 1 saturated heterocycles. The highest BCUT2D eigenvalue weighted by Gasteiger charge is 2.23. The average molecular weight is 349 g/mol. The van der Waals surface area contributed by atoms with Crippen LogP contribution < -0.4 is 15.4 Å². The van der Waals surface area contributed by atoms with Crippen molar-refractivity contribution in [1.29, 1.82) is 0 Å². The zero-order valence-corrected chi connectivity index (χ0v) is 15.6. The Labute approximate surface area is 150 Å². The first-order valence-electron chi connectivity index (χ1n) is 9.00. The van der Waals surface area contributed by atoms with E-state index >= 15 is 0 Å². The predicted octanol–water partition coefficient (Wildman–Crippen LogP) is 0.982. The smallest absolute Gasteiger partial charge is 0.191 e. The van der Waals surface area contributed by atoms with Crippen LogP contribution in [0.15, 0.2) is 29.5 Å². The third kappa shape index (κ3) is 6.88. The Morgan fingerprint density at radius 1 is 1.36 bits per heavy atom. The fraction of sp³-hybridized carbons (Fsp3) is 0.667. The van der Waals surface area contributed by atoms with Crippen LogP contribution >= 0.6 is 0 Å². The molecule has 0 aliphatic carbocycles. The third-order valence-corrected chi connectivity index (χ3v) is 4.28. The molecule has 2 heterocycles. The van der Waals surface area contributed by atoms with Crippen molar-refractivity contribution in [3.63, 3.8) is 0 Å². The molecule has 1 unspecified atom stereocenters. The van der Waals surface area contributed by atoms with E-state index in [0.717, 1.165) is 44.6 Å². The number of rotatable bonds is 8. The number of ether oxygens (including phenoxy) is 2. The highest BCUT2D eigenvalue weighted by Crippen LogP contribution is 2.12. The molecule has 0 radical (unpaired) electrons. The van der Waals surface area contributed by atoms with Gasteiger partial charge in [0.05, 0.1) is 26.0 Å². The van der Waals surface area contributed by atoms with Crippen molar-refractivity contribution in [3.05, 3.63) is 24.5 Å². The van der Waals surface area contributed by atoms with Crippen molar-refractivity contribution in [3.8, 4) is 5.75 Å². The molecule has 2 N–H and O–H groups in total. The number of hydrogen-bond acceptors (Lipinski definition) is 5. The first-order valence-corrected chi connectivity index (χ1v) is 9.00. The molecule has 0 spiro atoms. The summed E-state index contributed by atoms with van der Waals surface area (Å²) in [4.78, 5) is 10.8. The van der Waals surface area contributed by atoms with E-state index in [9.17, 15) is 0 Å². The van der Waals surface area contributed by atoms with E-state index in [4.69, 9.17) is 9.47 Å². The predicted molar refractivity (Wildman–Crippen MR) is 100 cm³/mol. The Hall–Kier alpha value is -1.86. The van der Waals surface area contributed by atoms with Gasteiger partial charge < -0.3 is 20.1 Å². The minimum atomic E-state index is 0.467. The van der Waals surface area contributed by atoms with Crippen molar-refractivity contribution < 1.29 is 9.47 Å². The van der Waals surface area contributed by atoms with Gasteiger partial charge in [-0.15, -0.1) is 0 Å². The molecular formula is C18H31N5O2. The first kappa shape index (κ1) is 19.5. The summed E-state index contributed by atoms with van der Waals surface area (Å²) in [6, 6.07) is 4.23. The van der Waals surface area contributed by atoms with E-state index in [0.29, 0.717) is 25.1 Å². The zero-order valence-electron chi connectivity index (χ0n) is 15.6. The minimum absolute atomic E-state index is 0.467. The van der Waals surface area contributed by atoms with Gasteiger partial charge in [-0.3, -0.25) is 14.9 Å². The molecule has 1 aromatic rings. The van der Waals surface area contributed by atoms with Gasteiger partial charge in [0.15, 0.2) is 5.96 Å². The maximum Gasteiger partial charge on any atom is 0.191 e. The molecular weight excluding hydrogens is 318 g/mol. The van der Waals surface area contributed by atoms with Crippen LogP contribution in [0.1, 0.15) is 13.8 Å². The van der Waals surface area contributed by atoms with Crippen molar-refractivity contribution in [2.24, 2.45) is 10.9 Å². The fourth-order valence-electron chi connectivity index (χ4n) is 2.89. The fourth-order valence-corrected chi connectivity index (χ4v) is 2.89. The number of nitrogens with one attached hydrogen (secondary N) is 2. The van der Waals surface area contributed by atoms with Gasteiger partial charge in [-0.25, -0.2) is 0 Å². The summed E-state index contributed by atoms with van der Waals surface area (Å²) in [5.41, 5.74) is 0. The first-order chi connectivity index (χ1) is 12.2. The number of aliphatic imine (C=N–C) groups is 1. The van der Waals surface area contributed by atoms with E-state index in [1.165, 1.54) is 0 Å². The van der Waals surface area contributed by atoms with Crippen molar-refractivity contribution in [2.45, 2.75) is 19.9 Å². The van der Waals surface area contributed by atoms with E-state index in [-0.39, 0.29) is 0 Å². The molecule has 140 valence electrons. The Morgan fingerprint density at radius 2 is 2.16 bits per heavy atom. The van der Waals surface area contributed by atoms with E-state index in [1.54, 1.807) is 19.4 Å². The standard InChI is InChI=1S/C18H31N5O2/c1-15(2)17(23-8-11-24-12-9-23)14-22-18(19-3)21-7-10-25-16-5-4-6-20-13-16/h4-6,13,15,17H,7-12,14H2,1-3H3,(H2,19,21,22). The second kappa shape index (κ2) is 10.9. The number of nitrogens with zero attached hydrogens (tertiary/aromatic N) is 3. The number of morpholine rings is 1. The number of hydrogen-bond donors (Lipinski definition) is 2. The molecule has 0 bridgehead atoms. The Kier molecular flexibility index (Phi) is 8.48. The van der Waals surface area contributed by atoms with Gasteiger partial charge >= 0.3 is 0 Å². The normalized spacial score (nSPS) is 17.4. The zero-order chi connectivity index (χ0) is 17.9. The maximum atomic E-state index is 5.63. The molecule has 7 heteroatoms. The molecule has 1 aromatic heterocycles.